The van der Waals surface area contributed by atoms with Crippen LogP contribution in [-0.4, -0.2) is 47.7 Å². The number of aliphatic carboxylic acids is 1. The Balaban J connectivity index is 1.63. The molecule has 22 heavy (non-hydrogen) atoms. The summed E-state index contributed by atoms with van der Waals surface area (Å²) in [6.45, 7) is 0.886. The van der Waals surface area contributed by atoms with Crippen molar-refractivity contribution in [3.8, 4) is 0 Å². The molecule has 0 spiro atoms. The smallest absolute Gasteiger partial charge is 0.328 e. The molecule has 5 heteroatoms. The number of morpholine rings is 1. The summed E-state index contributed by atoms with van der Waals surface area (Å²) < 4.78 is 5.19. The zero-order valence-corrected chi connectivity index (χ0v) is 12.5. The normalized spacial score (nSPS) is 24.6. The highest BCUT2D eigenvalue weighted by atomic mass is 16.5. The summed E-state index contributed by atoms with van der Waals surface area (Å²) >= 11 is 0. The van der Waals surface area contributed by atoms with Crippen LogP contribution < -0.4 is 0 Å². The van der Waals surface area contributed by atoms with Crippen LogP contribution >= 0.6 is 0 Å². The van der Waals surface area contributed by atoms with Gasteiger partial charge in [0.05, 0.1) is 13.2 Å². The Morgan fingerprint density at radius 1 is 1.27 bits per heavy atom. The molecule has 118 valence electrons. The number of ether oxygens (including phenoxy) is 1. The average Bonchev–Trinajstić information content (AvgIpc) is 2.54. The number of fused-ring (bicyclic) bond motifs is 1. The Hall–Kier alpha value is -1.88. The maximum absolute atomic E-state index is 12.5. The minimum Gasteiger partial charge on any atom is -0.480 e. The number of carbonyl (C=O) groups is 2. The first-order valence-electron chi connectivity index (χ1n) is 7.82. The van der Waals surface area contributed by atoms with E-state index in [1.165, 1.54) is 16.0 Å². The molecule has 1 heterocycles. The number of carbonyl (C=O) groups excluding carboxylic acids is 1. The predicted octanol–water partition coefficient (Wildman–Crippen LogP) is 1.49. The van der Waals surface area contributed by atoms with Gasteiger partial charge in [-0.1, -0.05) is 24.3 Å². The number of aryl methyl sites for hydroxylation is 1. The van der Waals surface area contributed by atoms with Gasteiger partial charge in [0.1, 0.15) is 0 Å². The van der Waals surface area contributed by atoms with E-state index >= 15 is 0 Å². The summed E-state index contributed by atoms with van der Waals surface area (Å²) in [6.07, 6.45) is 3.33. The Morgan fingerprint density at radius 3 is 2.82 bits per heavy atom. The van der Waals surface area contributed by atoms with Crippen LogP contribution in [0.5, 0.6) is 0 Å². The molecule has 2 aliphatic rings. The number of carboxylic acid groups (broad SMARTS) is 1. The van der Waals surface area contributed by atoms with E-state index in [1.807, 2.05) is 6.07 Å². The molecule has 1 aromatic rings. The highest BCUT2D eigenvalue weighted by Gasteiger charge is 2.34. The summed E-state index contributed by atoms with van der Waals surface area (Å²) in [4.78, 5) is 25.2. The first-order chi connectivity index (χ1) is 10.6. The zero-order valence-electron chi connectivity index (χ0n) is 12.5. The van der Waals surface area contributed by atoms with Crippen LogP contribution in [0.25, 0.3) is 0 Å². The molecule has 0 aromatic heterocycles. The molecule has 0 saturated carbocycles. The van der Waals surface area contributed by atoms with E-state index in [9.17, 15) is 14.7 Å². The number of hydrogen-bond acceptors (Lipinski definition) is 3. The largest absolute Gasteiger partial charge is 0.480 e. The van der Waals surface area contributed by atoms with Gasteiger partial charge >= 0.3 is 5.97 Å². The summed E-state index contributed by atoms with van der Waals surface area (Å²) in [5.41, 5.74) is 2.70. The Morgan fingerprint density at radius 2 is 2.05 bits per heavy atom. The maximum atomic E-state index is 12.5. The molecule has 3 rings (SSSR count). The Labute approximate surface area is 129 Å². The van der Waals surface area contributed by atoms with Crippen LogP contribution in [0.15, 0.2) is 24.3 Å². The number of amides is 1. The molecule has 1 aliphatic carbocycles. The molecule has 1 aliphatic heterocycles. The highest BCUT2D eigenvalue weighted by molar-refractivity contribution is 5.84. The number of rotatable bonds is 3. The molecular formula is C17H21NO4. The third-order valence-corrected chi connectivity index (χ3v) is 4.65. The number of carboxylic acids is 1. The quantitative estimate of drug-likeness (QED) is 0.919. The van der Waals surface area contributed by atoms with Crippen molar-refractivity contribution in [1.29, 1.82) is 0 Å². The van der Waals surface area contributed by atoms with Crippen LogP contribution in [0.4, 0.5) is 0 Å². The molecule has 1 fully saturated rings. The van der Waals surface area contributed by atoms with E-state index < -0.39 is 12.0 Å². The summed E-state index contributed by atoms with van der Waals surface area (Å²) in [7, 11) is 0. The fourth-order valence-corrected chi connectivity index (χ4v) is 3.42. The molecule has 1 aromatic carbocycles. The second-order valence-electron chi connectivity index (χ2n) is 6.10. The van der Waals surface area contributed by atoms with Crippen molar-refractivity contribution in [3.05, 3.63) is 35.4 Å². The van der Waals surface area contributed by atoms with Gasteiger partial charge in [-0.2, -0.15) is 0 Å². The highest BCUT2D eigenvalue weighted by Crippen LogP contribution is 2.28. The van der Waals surface area contributed by atoms with Crippen molar-refractivity contribution >= 4 is 11.9 Å². The van der Waals surface area contributed by atoms with Crippen LogP contribution in [0, 0.1) is 5.92 Å². The van der Waals surface area contributed by atoms with Gasteiger partial charge in [-0.3, -0.25) is 4.79 Å². The van der Waals surface area contributed by atoms with E-state index in [-0.39, 0.29) is 12.5 Å². The van der Waals surface area contributed by atoms with Gasteiger partial charge in [0.2, 0.25) is 5.91 Å². The van der Waals surface area contributed by atoms with Gasteiger partial charge in [-0.25, -0.2) is 4.79 Å². The molecule has 0 radical (unpaired) electrons. The van der Waals surface area contributed by atoms with Gasteiger partial charge in [-0.15, -0.1) is 0 Å². The molecule has 0 unspecified atom stereocenters. The Bertz CT molecular complexity index is 572. The molecular weight excluding hydrogens is 282 g/mol. The van der Waals surface area contributed by atoms with E-state index in [0.717, 1.165) is 19.3 Å². The van der Waals surface area contributed by atoms with Crippen molar-refractivity contribution in [2.75, 3.05) is 19.8 Å². The number of hydrogen-bond donors (Lipinski definition) is 1. The minimum absolute atomic E-state index is 0.0555. The standard InChI is InChI=1S/C17H21NO4/c19-16(18-7-8-22-11-15(18)17(20)21)10-12-5-6-13-3-1-2-4-14(13)9-12/h1-4,12,15H,5-11H2,(H,20,21)/t12-,15+/m0/s1. The number of benzene rings is 1. The second kappa shape index (κ2) is 6.48. The molecule has 5 nitrogen and oxygen atoms in total. The molecule has 0 bridgehead atoms. The molecule has 1 saturated heterocycles. The van der Waals surface area contributed by atoms with Crippen molar-refractivity contribution in [2.45, 2.75) is 31.7 Å². The van der Waals surface area contributed by atoms with Gasteiger partial charge in [0.25, 0.3) is 0 Å². The third kappa shape index (κ3) is 3.14. The third-order valence-electron chi connectivity index (χ3n) is 4.65. The lowest BCUT2D eigenvalue weighted by molar-refractivity contribution is -0.158. The predicted molar refractivity (Wildman–Crippen MR) is 80.5 cm³/mol. The van der Waals surface area contributed by atoms with Gasteiger partial charge in [0.15, 0.2) is 6.04 Å². The van der Waals surface area contributed by atoms with E-state index in [2.05, 4.69) is 18.2 Å². The second-order valence-corrected chi connectivity index (χ2v) is 6.10. The molecule has 2 atom stereocenters. The van der Waals surface area contributed by atoms with Crippen molar-refractivity contribution in [2.24, 2.45) is 5.92 Å². The average molecular weight is 303 g/mol. The molecule has 1 amide bonds. The topological polar surface area (TPSA) is 66.8 Å². The van der Waals surface area contributed by atoms with Crippen LogP contribution in [0.3, 0.4) is 0 Å². The number of nitrogens with zero attached hydrogens (tertiary/aromatic N) is 1. The van der Waals surface area contributed by atoms with Gasteiger partial charge in [0, 0.05) is 13.0 Å². The van der Waals surface area contributed by atoms with E-state index in [0.29, 0.717) is 25.5 Å². The lowest BCUT2D eigenvalue weighted by Gasteiger charge is -2.34. The van der Waals surface area contributed by atoms with Crippen molar-refractivity contribution in [1.82, 2.24) is 4.90 Å². The lowest BCUT2D eigenvalue weighted by atomic mass is 9.82. The fraction of sp³-hybridized carbons (Fsp3) is 0.529. The lowest BCUT2D eigenvalue weighted by Crippen LogP contribution is -2.53. The van der Waals surface area contributed by atoms with E-state index in [1.54, 1.807) is 0 Å². The van der Waals surface area contributed by atoms with Crippen molar-refractivity contribution in [3.63, 3.8) is 0 Å². The van der Waals surface area contributed by atoms with E-state index in [4.69, 9.17) is 4.74 Å². The zero-order chi connectivity index (χ0) is 15.5. The maximum Gasteiger partial charge on any atom is 0.328 e. The fourth-order valence-electron chi connectivity index (χ4n) is 3.42. The van der Waals surface area contributed by atoms with Crippen LogP contribution in [0.2, 0.25) is 0 Å². The Kier molecular flexibility index (Phi) is 4.43. The van der Waals surface area contributed by atoms with Gasteiger partial charge in [-0.05, 0) is 36.3 Å². The minimum atomic E-state index is -0.984. The first kappa shape index (κ1) is 15.0. The molecule has 1 N–H and O–H groups in total. The van der Waals surface area contributed by atoms with Crippen molar-refractivity contribution < 1.29 is 19.4 Å². The summed E-state index contributed by atoms with van der Waals surface area (Å²) in [5.74, 6) is -0.734. The van der Waals surface area contributed by atoms with Gasteiger partial charge < -0.3 is 14.7 Å². The summed E-state index contributed by atoms with van der Waals surface area (Å²) in [5, 5.41) is 9.22. The summed E-state index contributed by atoms with van der Waals surface area (Å²) in [6, 6.07) is 7.52. The van der Waals surface area contributed by atoms with Crippen LogP contribution in [-0.2, 0) is 27.2 Å². The first-order valence-corrected chi connectivity index (χ1v) is 7.82. The van der Waals surface area contributed by atoms with Crippen LogP contribution in [0.1, 0.15) is 24.0 Å². The monoisotopic (exact) mass is 303 g/mol. The SMILES string of the molecule is O=C(O)[C@H]1COCCN1C(=O)C[C@H]1CCc2ccccc2C1.